The number of carbonyl (C=O) groups is 2. The number of aromatic hydroxyl groups is 1. The summed E-state index contributed by atoms with van der Waals surface area (Å²) in [5.41, 5.74) is 0.745. The Labute approximate surface area is 138 Å². The Balaban J connectivity index is 1.82. The molecule has 122 valence electrons. The van der Waals surface area contributed by atoms with Crippen LogP contribution in [0.2, 0.25) is 0 Å². The summed E-state index contributed by atoms with van der Waals surface area (Å²) in [7, 11) is 0. The molecule has 1 aromatic heterocycles. The van der Waals surface area contributed by atoms with Crippen molar-refractivity contribution in [3.63, 3.8) is 0 Å². The number of rotatable bonds is 8. The first-order valence-electron chi connectivity index (χ1n) is 7.37. The quantitative estimate of drug-likeness (QED) is 0.693. The number of nitrogens with one attached hydrogen (secondary N) is 1. The van der Waals surface area contributed by atoms with E-state index in [1.165, 1.54) is 17.0 Å². The lowest BCUT2D eigenvalue weighted by Gasteiger charge is -2.14. The Morgan fingerprint density at radius 1 is 1.17 bits per heavy atom. The van der Waals surface area contributed by atoms with Crippen LogP contribution in [0, 0.1) is 0 Å². The minimum Gasteiger partial charge on any atom is -0.508 e. The maximum atomic E-state index is 11.9. The van der Waals surface area contributed by atoms with Crippen molar-refractivity contribution >= 4 is 23.2 Å². The smallest absolute Gasteiger partial charge is 0.326 e. The second-order valence-corrected chi connectivity index (χ2v) is 6.29. The average Bonchev–Trinajstić information content (AvgIpc) is 3.02. The van der Waals surface area contributed by atoms with Crippen LogP contribution in [-0.4, -0.2) is 28.1 Å². The van der Waals surface area contributed by atoms with Gasteiger partial charge in [0.2, 0.25) is 5.91 Å². The fraction of sp³-hybridized carbons (Fsp3) is 0.294. The van der Waals surface area contributed by atoms with Gasteiger partial charge in [-0.1, -0.05) is 18.2 Å². The zero-order valence-corrected chi connectivity index (χ0v) is 13.4. The number of amides is 1. The number of aryl methyl sites for hydroxylation is 1. The number of carboxylic acids is 1. The number of phenolic OH excluding ortho intramolecular Hbond substituents is 1. The van der Waals surface area contributed by atoms with Crippen molar-refractivity contribution in [2.75, 3.05) is 0 Å². The predicted molar refractivity (Wildman–Crippen MR) is 88.6 cm³/mol. The van der Waals surface area contributed by atoms with Crippen molar-refractivity contribution in [3.05, 3.63) is 52.2 Å². The van der Waals surface area contributed by atoms with Gasteiger partial charge in [0.1, 0.15) is 11.8 Å². The lowest BCUT2D eigenvalue weighted by atomic mass is 10.1. The Bertz CT molecular complexity index is 637. The fourth-order valence-electron chi connectivity index (χ4n) is 2.21. The molecule has 6 heteroatoms. The number of aliphatic carboxylic acids is 1. The first-order chi connectivity index (χ1) is 11.0. The summed E-state index contributed by atoms with van der Waals surface area (Å²) in [5.74, 6) is -1.20. The summed E-state index contributed by atoms with van der Waals surface area (Å²) >= 11 is 1.65. The topological polar surface area (TPSA) is 86.6 Å². The number of phenols is 1. The summed E-state index contributed by atoms with van der Waals surface area (Å²) in [6, 6.07) is 9.32. The zero-order chi connectivity index (χ0) is 16.7. The monoisotopic (exact) mass is 333 g/mol. The van der Waals surface area contributed by atoms with Gasteiger partial charge in [-0.3, -0.25) is 4.79 Å². The van der Waals surface area contributed by atoms with Crippen LogP contribution in [0.15, 0.2) is 41.8 Å². The van der Waals surface area contributed by atoms with Crippen molar-refractivity contribution in [1.82, 2.24) is 5.32 Å². The van der Waals surface area contributed by atoms with Gasteiger partial charge in [-0.25, -0.2) is 4.79 Å². The van der Waals surface area contributed by atoms with Crippen LogP contribution in [0.25, 0.3) is 0 Å². The van der Waals surface area contributed by atoms with Crippen molar-refractivity contribution in [2.45, 2.75) is 31.7 Å². The largest absolute Gasteiger partial charge is 0.508 e. The highest BCUT2D eigenvalue weighted by molar-refractivity contribution is 7.09. The highest BCUT2D eigenvalue weighted by Crippen LogP contribution is 2.13. The normalized spacial score (nSPS) is 11.8. The van der Waals surface area contributed by atoms with Crippen molar-refractivity contribution < 1.29 is 19.8 Å². The Kier molecular flexibility index (Phi) is 6.17. The van der Waals surface area contributed by atoms with E-state index in [0.717, 1.165) is 12.0 Å². The summed E-state index contributed by atoms with van der Waals surface area (Å²) in [5, 5.41) is 23.0. The van der Waals surface area contributed by atoms with Crippen LogP contribution in [0.5, 0.6) is 5.75 Å². The summed E-state index contributed by atoms with van der Waals surface area (Å²) in [6.45, 7) is 0. The van der Waals surface area contributed by atoms with Gasteiger partial charge in [-0.15, -0.1) is 11.3 Å². The number of hydrogen-bond donors (Lipinski definition) is 3. The van der Waals surface area contributed by atoms with Gasteiger partial charge >= 0.3 is 5.97 Å². The van der Waals surface area contributed by atoms with Gasteiger partial charge in [0.05, 0.1) is 0 Å². The molecule has 0 saturated heterocycles. The number of thiophene rings is 1. The van der Waals surface area contributed by atoms with Crippen LogP contribution in [0.1, 0.15) is 23.3 Å². The SMILES string of the molecule is O=C(CCCc1cccs1)N[C@H](Cc1ccc(O)cc1)C(=O)O. The third-order valence-corrected chi connectivity index (χ3v) is 4.35. The van der Waals surface area contributed by atoms with E-state index in [0.29, 0.717) is 12.8 Å². The molecule has 1 aromatic carbocycles. The maximum absolute atomic E-state index is 11.9. The molecule has 3 N–H and O–H groups in total. The lowest BCUT2D eigenvalue weighted by Crippen LogP contribution is -2.42. The molecule has 1 heterocycles. The molecule has 0 aliphatic rings. The number of carboxylic acid groups (broad SMARTS) is 1. The van der Waals surface area contributed by atoms with E-state index < -0.39 is 12.0 Å². The minimum atomic E-state index is -1.07. The van der Waals surface area contributed by atoms with Crippen LogP contribution in [-0.2, 0) is 22.4 Å². The Hall–Kier alpha value is -2.34. The first kappa shape index (κ1) is 17.0. The molecule has 0 fully saturated rings. The van der Waals surface area contributed by atoms with Gasteiger partial charge < -0.3 is 15.5 Å². The van der Waals surface area contributed by atoms with E-state index >= 15 is 0 Å². The van der Waals surface area contributed by atoms with Crippen LogP contribution in [0.4, 0.5) is 0 Å². The van der Waals surface area contributed by atoms with Crippen molar-refractivity contribution in [3.8, 4) is 5.75 Å². The molecule has 0 radical (unpaired) electrons. The van der Waals surface area contributed by atoms with Gasteiger partial charge in [-0.05, 0) is 42.0 Å². The molecule has 1 amide bonds. The molecule has 0 aliphatic carbocycles. The van der Waals surface area contributed by atoms with Crippen molar-refractivity contribution in [1.29, 1.82) is 0 Å². The summed E-state index contributed by atoms with van der Waals surface area (Å²) in [6.07, 6.45) is 2.00. The molecule has 0 bridgehead atoms. The third kappa shape index (κ3) is 5.75. The third-order valence-electron chi connectivity index (χ3n) is 3.42. The van der Waals surface area contributed by atoms with E-state index in [9.17, 15) is 19.8 Å². The molecule has 23 heavy (non-hydrogen) atoms. The Morgan fingerprint density at radius 2 is 1.91 bits per heavy atom. The molecule has 0 spiro atoms. The molecule has 2 aromatic rings. The average molecular weight is 333 g/mol. The van der Waals surface area contributed by atoms with Gasteiger partial charge in [0.25, 0.3) is 0 Å². The van der Waals surface area contributed by atoms with Gasteiger partial charge in [0, 0.05) is 17.7 Å². The van der Waals surface area contributed by atoms with E-state index in [1.54, 1.807) is 23.5 Å². The molecule has 2 rings (SSSR count). The highest BCUT2D eigenvalue weighted by Gasteiger charge is 2.20. The van der Waals surface area contributed by atoms with E-state index in [2.05, 4.69) is 5.32 Å². The molecule has 5 nitrogen and oxygen atoms in total. The van der Waals surface area contributed by atoms with E-state index in [4.69, 9.17) is 0 Å². The second kappa shape index (κ2) is 8.33. The van der Waals surface area contributed by atoms with E-state index in [1.807, 2.05) is 17.5 Å². The van der Waals surface area contributed by atoms with E-state index in [-0.39, 0.29) is 18.1 Å². The van der Waals surface area contributed by atoms with Gasteiger partial charge in [-0.2, -0.15) is 0 Å². The summed E-state index contributed by atoms with van der Waals surface area (Å²) < 4.78 is 0. The molecular formula is C17H19NO4S. The molecule has 0 saturated carbocycles. The minimum absolute atomic E-state index is 0.123. The maximum Gasteiger partial charge on any atom is 0.326 e. The fourth-order valence-corrected chi connectivity index (χ4v) is 2.96. The molecule has 0 aliphatic heterocycles. The molecule has 1 atom stereocenters. The zero-order valence-electron chi connectivity index (χ0n) is 12.6. The van der Waals surface area contributed by atoms with Crippen molar-refractivity contribution in [2.24, 2.45) is 0 Å². The van der Waals surface area contributed by atoms with Crippen LogP contribution < -0.4 is 5.32 Å². The highest BCUT2D eigenvalue weighted by atomic mass is 32.1. The Morgan fingerprint density at radius 3 is 2.52 bits per heavy atom. The second-order valence-electron chi connectivity index (χ2n) is 5.26. The number of hydrogen-bond acceptors (Lipinski definition) is 4. The first-order valence-corrected chi connectivity index (χ1v) is 8.25. The van der Waals surface area contributed by atoms with Gasteiger partial charge in [0.15, 0.2) is 0 Å². The van der Waals surface area contributed by atoms with Crippen LogP contribution in [0.3, 0.4) is 0 Å². The summed E-state index contributed by atoms with van der Waals surface area (Å²) in [4.78, 5) is 24.4. The molecule has 0 unspecified atom stereocenters. The number of carbonyl (C=O) groups excluding carboxylic acids is 1. The predicted octanol–water partition coefficient (Wildman–Crippen LogP) is 2.59. The lowest BCUT2D eigenvalue weighted by molar-refractivity contribution is -0.141. The van der Waals surface area contributed by atoms with Crippen LogP contribution >= 0.6 is 11.3 Å². The number of benzene rings is 1. The molecular weight excluding hydrogens is 314 g/mol. The standard InChI is InChI=1S/C17H19NO4S/c19-13-8-6-12(7-9-13)11-15(17(21)22)18-16(20)5-1-3-14-4-2-10-23-14/h2,4,6-10,15,19H,1,3,5,11H2,(H,18,20)(H,21,22)/t15-/m1/s1.